The maximum atomic E-state index is 5.34. The van der Waals surface area contributed by atoms with Gasteiger partial charge in [-0.15, -0.1) is 0 Å². The van der Waals surface area contributed by atoms with Gasteiger partial charge < -0.3 is 15.4 Å². The molecule has 0 aromatic carbocycles. The average Bonchev–Trinajstić information content (AvgIpc) is 2.51. The minimum Gasteiger partial charge on any atom is -0.374 e. The highest BCUT2D eigenvalue weighted by molar-refractivity contribution is 5.47. The normalized spacial score (nSPS) is 10.3. The van der Waals surface area contributed by atoms with Gasteiger partial charge >= 0.3 is 0 Å². The summed E-state index contributed by atoms with van der Waals surface area (Å²) in [4.78, 5) is 13.0. The van der Waals surface area contributed by atoms with Crippen LogP contribution in [0.25, 0.3) is 0 Å². The third kappa shape index (κ3) is 4.17. The molecule has 0 bridgehead atoms. The zero-order valence-electron chi connectivity index (χ0n) is 11.8. The minimum atomic E-state index is 0.407. The smallest absolute Gasteiger partial charge is 0.158 e. The second-order valence-corrected chi connectivity index (χ2v) is 4.12. The number of nitrogens with one attached hydrogen (secondary N) is 2. The van der Waals surface area contributed by atoms with E-state index in [4.69, 9.17) is 4.74 Å². The van der Waals surface area contributed by atoms with Gasteiger partial charge in [-0.25, -0.2) is 9.97 Å². The second-order valence-electron chi connectivity index (χ2n) is 4.12. The van der Waals surface area contributed by atoms with Crippen molar-refractivity contribution in [3.8, 4) is 0 Å². The molecule has 106 valence electrons. The fraction of sp³-hybridized carbons (Fsp3) is 0.357. The van der Waals surface area contributed by atoms with E-state index in [1.165, 1.54) is 0 Å². The molecule has 0 aliphatic heterocycles. The standard InChI is InChI=1S/C14H19N5O/c1-3-20-10-14-18-12(15-2)8-13(19-14)17-9-11-6-4-5-7-16-11/h4-8H,3,9-10H2,1-2H3,(H2,15,17,18,19). The van der Waals surface area contributed by atoms with Crippen molar-refractivity contribution in [2.24, 2.45) is 0 Å². The van der Waals surface area contributed by atoms with Crippen molar-refractivity contribution in [2.45, 2.75) is 20.1 Å². The van der Waals surface area contributed by atoms with Gasteiger partial charge in [0.1, 0.15) is 18.2 Å². The van der Waals surface area contributed by atoms with Crippen molar-refractivity contribution in [1.82, 2.24) is 15.0 Å². The Labute approximate surface area is 118 Å². The Bertz CT molecular complexity index is 532. The molecule has 0 saturated carbocycles. The molecule has 2 aromatic heterocycles. The lowest BCUT2D eigenvalue weighted by Gasteiger charge is -2.09. The van der Waals surface area contributed by atoms with Crippen LogP contribution in [0.1, 0.15) is 18.4 Å². The molecule has 0 amide bonds. The minimum absolute atomic E-state index is 0.407. The first-order chi connectivity index (χ1) is 9.81. The molecule has 0 spiro atoms. The van der Waals surface area contributed by atoms with Crippen LogP contribution in [-0.2, 0) is 17.9 Å². The number of ether oxygens (including phenoxy) is 1. The fourth-order valence-corrected chi connectivity index (χ4v) is 1.66. The number of hydrogen-bond acceptors (Lipinski definition) is 6. The number of aromatic nitrogens is 3. The van der Waals surface area contributed by atoms with Crippen molar-refractivity contribution in [2.75, 3.05) is 24.3 Å². The van der Waals surface area contributed by atoms with Crippen LogP contribution in [0.3, 0.4) is 0 Å². The van der Waals surface area contributed by atoms with Crippen LogP contribution < -0.4 is 10.6 Å². The molecule has 20 heavy (non-hydrogen) atoms. The maximum absolute atomic E-state index is 5.34. The zero-order chi connectivity index (χ0) is 14.2. The van der Waals surface area contributed by atoms with Crippen LogP contribution in [0.5, 0.6) is 0 Å². The Hall–Kier alpha value is -2.21. The molecule has 6 heteroatoms. The first kappa shape index (κ1) is 14.2. The Morgan fingerprint density at radius 3 is 2.75 bits per heavy atom. The van der Waals surface area contributed by atoms with Gasteiger partial charge in [0.2, 0.25) is 0 Å². The summed E-state index contributed by atoms with van der Waals surface area (Å²) in [5.74, 6) is 2.17. The predicted molar refractivity (Wildman–Crippen MR) is 78.5 cm³/mol. The molecule has 2 rings (SSSR count). The van der Waals surface area contributed by atoms with E-state index >= 15 is 0 Å². The van der Waals surface area contributed by atoms with Gasteiger partial charge in [0.25, 0.3) is 0 Å². The lowest BCUT2D eigenvalue weighted by atomic mass is 10.3. The zero-order valence-corrected chi connectivity index (χ0v) is 11.8. The van der Waals surface area contributed by atoms with Crippen molar-refractivity contribution >= 4 is 11.6 Å². The van der Waals surface area contributed by atoms with E-state index in [-0.39, 0.29) is 0 Å². The molecule has 2 N–H and O–H groups in total. The number of pyridine rings is 1. The molecule has 0 aliphatic carbocycles. The summed E-state index contributed by atoms with van der Waals surface area (Å²) in [6, 6.07) is 7.68. The monoisotopic (exact) mass is 273 g/mol. The van der Waals surface area contributed by atoms with E-state index in [0.29, 0.717) is 25.6 Å². The lowest BCUT2D eigenvalue weighted by molar-refractivity contribution is 0.128. The molecule has 0 saturated heterocycles. The molecule has 0 fully saturated rings. The van der Waals surface area contributed by atoms with Crippen molar-refractivity contribution in [3.63, 3.8) is 0 Å². The van der Waals surface area contributed by atoms with E-state index < -0.39 is 0 Å². The average molecular weight is 273 g/mol. The number of nitrogens with zero attached hydrogens (tertiary/aromatic N) is 3. The molecule has 0 atom stereocenters. The molecule has 0 aliphatic rings. The molecular formula is C14H19N5O. The highest BCUT2D eigenvalue weighted by Gasteiger charge is 2.04. The van der Waals surface area contributed by atoms with Crippen molar-refractivity contribution < 1.29 is 4.74 Å². The third-order valence-electron chi connectivity index (χ3n) is 2.64. The summed E-state index contributed by atoms with van der Waals surface area (Å²) in [5.41, 5.74) is 0.962. The van der Waals surface area contributed by atoms with Gasteiger partial charge in [0.15, 0.2) is 5.82 Å². The predicted octanol–water partition coefficient (Wildman–Crippen LogP) is 2.06. The molecule has 0 radical (unpaired) electrons. The Kier molecular flexibility index (Phi) is 5.25. The quantitative estimate of drug-likeness (QED) is 0.804. The number of anilines is 2. The Balaban J connectivity index is 2.06. The summed E-state index contributed by atoms with van der Waals surface area (Å²) in [7, 11) is 1.83. The van der Waals surface area contributed by atoms with Crippen LogP contribution in [0.15, 0.2) is 30.5 Å². The fourth-order valence-electron chi connectivity index (χ4n) is 1.66. The Morgan fingerprint density at radius 2 is 2.05 bits per heavy atom. The van der Waals surface area contributed by atoms with Crippen molar-refractivity contribution in [3.05, 3.63) is 42.0 Å². The van der Waals surface area contributed by atoms with E-state index in [9.17, 15) is 0 Å². The molecule has 2 aromatic rings. The second kappa shape index (κ2) is 7.40. The van der Waals surface area contributed by atoms with Gasteiger partial charge in [0.05, 0.1) is 12.2 Å². The van der Waals surface area contributed by atoms with Crippen molar-refractivity contribution in [1.29, 1.82) is 0 Å². The van der Waals surface area contributed by atoms with Gasteiger partial charge in [-0.05, 0) is 19.1 Å². The van der Waals surface area contributed by atoms with E-state index in [0.717, 1.165) is 17.3 Å². The summed E-state index contributed by atoms with van der Waals surface area (Å²) >= 11 is 0. The van der Waals surface area contributed by atoms with Crippen LogP contribution in [0.4, 0.5) is 11.6 Å². The molecule has 6 nitrogen and oxygen atoms in total. The summed E-state index contributed by atoms with van der Waals surface area (Å²) in [6.07, 6.45) is 1.77. The lowest BCUT2D eigenvalue weighted by Crippen LogP contribution is -2.08. The SMILES string of the molecule is CCOCc1nc(NC)cc(NCc2ccccn2)n1. The van der Waals surface area contributed by atoms with Gasteiger partial charge in [-0.2, -0.15) is 0 Å². The first-order valence-electron chi connectivity index (χ1n) is 6.59. The van der Waals surface area contributed by atoms with Gasteiger partial charge in [-0.3, -0.25) is 4.98 Å². The maximum Gasteiger partial charge on any atom is 0.158 e. The van der Waals surface area contributed by atoms with Crippen LogP contribution in [0.2, 0.25) is 0 Å². The van der Waals surface area contributed by atoms with Gasteiger partial charge in [-0.1, -0.05) is 6.07 Å². The van der Waals surface area contributed by atoms with Crippen LogP contribution in [0, 0.1) is 0 Å². The third-order valence-corrected chi connectivity index (χ3v) is 2.64. The van der Waals surface area contributed by atoms with E-state index in [1.807, 2.05) is 38.2 Å². The summed E-state index contributed by atoms with van der Waals surface area (Å²) in [5, 5.41) is 6.26. The topological polar surface area (TPSA) is 72.0 Å². The first-order valence-corrected chi connectivity index (χ1v) is 6.59. The van der Waals surface area contributed by atoms with Crippen LogP contribution in [-0.4, -0.2) is 28.6 Å². The molecular weight excluding hydrogens is 254 g/mol. The number of rotatable bonds is 7. The number of hydrogen-bond donors (Lipinski definition) is 2. The molecule has 2 heterocycles. The van der Waals surface area contributed by atoms with Gasteiger partial charge in [0, 0.05) is 25.9 Å². The Morgan fingerprint density at radius 1 is 1.20 bits per heavy atom. The molecule has 0 unspecified atom stereocenters. The largest absolute Gasteiger partial charge is 0.374 e. The summed E-state index contributed by atoms with van der Waals surface area (Å²) in [6.45, 7) is 3.62. The summed E-state index contributed by atoms with van der Waals surface area (Å²) < 4.78 is 5.34. The van der Waals surface area contributed by atoms with Crippen LogP contribution >= 0.6 is 0 Å². The highest BCUT2D eigenvalue weighted by atomic mass is 16.5. The van der Waals surface area contributed by atoms with E-state index in [2.05, 4.69) is 25.6 Å². The van der Waals surface area contributed by atoms with E-state index in [1.54, 1.807) is 6.20 Å². The highest BCUT2D eigenvalue weighted by Crippen LogP contribution is 2.12.